The summed E-state index contributed by atoms with van der Waals surface area (Å²) in [6.07, 6.45) is 2.86. The van der Waals surface area contributed by atoms with Gasteiger partial charge in [0.2, 0.25) is 10.0 Å². The molecule has 0 aromatic heterocycles. The van der Waals surface area contributed by atoms with Crippen LogP contribution in [0.15, 0.2) is 54.6 Å². The van der Waals surface area contributed by atoms with Gasteiger partial charge in [-0.1, -0.05) is 54.6 Å². The molecule has 0 aliphatic carbocycles. The van der Waals surface area contributed by atoms with Crippen LogP contribution in [0.5, 0.6) is 0 Å². The molecule has 2 N–H and O–H groups in total. The van der Waals surface area contributed by atoms with Crippen molar-refractivity contribution in [2.24, 2.45) is 0 Å². The maximum absolute atomic E-state index is 11.5. The van der Waals surface area contributed by atoms with Crippen molar-refractivity contribution in [1.29, 1.82) is 0 Å². The van der Waals surface area contributed by atoms with E-state index in [4.69, 9.17) is 0 Å². The van der Waals surface area contributed by atoms with Crippen LogP contribution in [0.1, 0.15) is 12.0 Å². The van der Waals surface area contributed by atoms with E-state index in [2.05, 4.69) is 46.4 Å². The van der Waals surface area contributed by atoms with Gasteiger partial charge in [0.15, 0.2) is 0 Å². The first-order valence-corrected chi connectivity index (χ1v) is 9.75. The number of sulfonamides is 1. The monoisotopic (exact) mass is 330 g/mol. The smallest absolute Gasteiger partial charge is 0.209 e. The van der Waals surface area contributed by atoms with Crippen molar-refractivity contribution >= 4 is 10.0 Å². The standard InChI is InChI=1S/C18H22N2O2S/c1-23(21,22)20-17-10-11-19-18(17)13-14-6-5-9-16(12-14)15-7-3-2-4-8-15/h2-9,12,17-20H,10-11,13H2,1H3/t17-,18-/m1/s1. The molecule has 0 amide bonds. The van der Waals surface area contributed by atoms with Crippen molar-refractivity contribution in [2.45, 2.75) is 24.9 Å². The first kappa shape index (κ1) is 16.2. The third kappa shape index (κ3) is 4.41. The number of hydrogen-bond donors (Lipinski definition) is 2. The lowest BCUT2D eigenvalue weighted by molar-refractivity contribution is 0.494. The van der Waals surface area contributed by atoms with Gasteiger partial charge in [-0.3, -0.25) is 0 Å². The average molecular weight is 330 g/mol. The van der Waals surface area contributed by atoms with Crippen molar-refractivity contribution in [2.75, 3.05) is 12.8 Å². The molecular weight excluding hydrogens is 308 g/mol. The van der Waals surface area contributed by atoms with E-state index in [0.29, 0.717) is 0 Å². The van der Waals surface area contributed by atoms with Gasteiger partial charge in [-0.05, 0) is 36.1 Å². The SMILES string of the molecule is CS(=O)(=O)N[C@@H]1CCN[C@@H]1Cc1cccc(-c2ccccc2)c1. The van der Waals surface area contributed by atoms with E-state index < -0.39 is 10.0 Å². The van der Waals surface area contributed by atoms with Crippen molar-refractivity contribution < 1.29 is 8.42 Å². The molecule has 122 valence electrons. The number of hydrogen-bond acceptors (Lipinski definition) is 3. The lowest BCUT2D eigenvalue weighted by atomic mass is 9.97. The minimum atomic E-state index is -3.17. The fraction of sp³-hybridized carbons (Fsp3) is 0.333. The van der Waals surface area contributed by atoms with Crippen LogP contribution in [0.4, 0.5) is 0 Å². The average Bonchev–Trinajstić information content (AvgIpc) is 2.93. The zero-order valence-corrected chi connectivity index (χ0v) is 14.0. The Balaban J connectivity index is 1.75. The first-order chi connectivity index (χ1) is 11.0. The van der Waals surface area contributed by atoms with Gasteiger partial charge in [-0.2, -0.15) is 0 Å². The van der Waals surface area contributed by atoms with E-state index in [1.165, 1.54) is 22.9 Å². The molecule has 23 heavy (non-hydrogen) atoms. The third-order valence-electron chi connectivity index (χ3n) is 4.20. The van der Waals surface area contributed by atoms with Crippen LogP contribution in [0, 0.1) is 0 Å². The Morgan fingerprint density at radius 2 is 1.83 bits per heavy atom. The Morgan fingerprint density at radius 1 is 1.09 bits per heavy atom. The van der Waals surface area contributed by atoms with Gasteiger partial charge in [0.1, 0.15) is 0 Å². The Kier molecular flexibility index (Phi) is 4.80. The van der Waals surface area contributed by atoms with Gasteiger partial charge >= 0.3 is 0 Å². The molecule has 0 radical (unpaired) electrons. The fourth-order valence-corrected chi connectivity index (χ4v) is 3.99. The van der Waals surface area contributed by atoms with Crippen molar-refractivity contribution in [3.8, 4) is 11.1 Å². The summed E-state index contributed by atoms with van der Waals surface area (Å²) in [5, 5.41) is 3.41. The maximum atomic E-state index is 11.5. The quantitative estimate of drug-likeness (QED) is 0.883. The molecule has 1 saturated heterocycles. The van der Waals surface area contributed by atoms with Crippen LogP contribution in [0.2, 0.25) is 0 Å². The van der Waals surface area contributed by atoms with E-state index in [0.717, 1.165) is 19.4 Å². The number of rotatable bonds is 5. The fourth-order valence-electron chi connectivity index (χ4n) is 3.16. The van der Waals surface area contributed by atoms with Gasteiger partial charge in [0.25, 0.3) is 0 Å². The van der Waals surface area contributed by atoms with Gasteiger partial charge in [-0.25, -0.2) is 13.1 Å². The van der Waals surface area contributed by atoms with E-state index >= 15 is 0 Å². The highest BCUT2D eigenvalue weighted by Crippen LogP contribution is 2.22. The van der Waals surface area contributed by atoms with Crippen molar-refractivity contribution in [1.82, 2.24) is 10.0 Å². The van der Waals surface area contributed by atoms with Gasteiger partial charge in [0.05, 0.1) is 6.26 Å². The Morgan fingerprint density at radius 3 is 2.57 bits per heavy atom. The first-order valence-electron chi connectivity index (χ1n) is 7.86. The molecule has 5 heteroatoms. The van der Waals surface area contributed by atoms with E-state index in [-0.39, 0.29) is 12.1 Å². The highest BCUT2D eigenvalue weighted by molar-refractivity contribution is 7.88. The van der Waals surface area contributed by atoms with Crippen LogP contribution in [-0.4, -0.2) is 33.3 Å². The zero-order valence-electron chi connectivity index (χ0n) is 13.2. The van der Waals surface area contributed by atoms with Crippen LogP contribution in [-0.2, 0) is 16.4 Å². The molecule has 2 atom stereocenters. The minimum Gasteiger partial charge on any atom is -0.312 e. The van der Waals surface area contributed by atoms with Crippen LogP contribution in [0.25, 0.3) is 11.1 Å². The molecular formula is C18H22N2O2S. The summed E-state index contributed by atoms with van der Waals surface area (Å²) in [6.45, 7) is 0.843. The summed E-state index contributed by atoms with van der Waals surface area (Å²) >= 11 is 0. The lowest BCUT2D eigenvalue weighted by Gasteiger charge is -2.20. The highest BCUT2D eigenvalue weighted by Gasteiger charge is 2.29. The second-order valence-corrected chi connectivity index (χ2v) is 7.90. The zero-order chi connectivity index (χ0) is 16.3. The van der Waals surface area contributed by atoms with Gasteiger partial charge in [0, 0.05) is 12.1 Å². The Bertz CT molecular complexity index is 760. The molecule has 1 aliphatic rings. The topological polar surface area (TPSA) is 58.2 Å². The van der Waals surface area contributed by atoms with E-state index in [1.54, 1.807) is 0 Å². The molecule has 1 fully saturated rings. The van der Waals surface area contributed by atoms with Gasteiger partial charge < -0.3 is 5.32 Å². The molecule has 1 heterocycles. The molecule has 0 saturated carbocycles. The van der Waals surface area contributed by atoms with Crippen LogP contribution in [0.3, 0.4) is 0 Å². The maximum Gasteiger partial charge on any atom is 0.209 e. The summed E-state index contributed by atoms with van der Waals surface area (Å²) in [6, 6.07) is 18.8. The summed E-state index contributed by atoms with van der Waals surface area (Å²) < 4.78 is 25.7. The third-order valence-corrected chi connectivity index (χ3v) is 4.93. The molecule has 0 bridgehead atoms. The summed E-state index contributed by atoms with van der Waals surface area (Å²) in [5.74, 6) is 0. The van der Waals surface area contributed by atoms with Crippen LogP contribution < -0.4 is 10.0 Å². The second-order valence-electron chi connectivity index (χ2n) is 6.12. The Labute approximate surface area is 138 Å². The Hall–Kier alpha value is -1.69. The summed E-state index contributed by atoms with van der Waals surface area (Å²) in [5.41, 5.74) is 3.60. The largest absolute Gasteiger partial charge is 0.312 e. The van der Waals surface area contributed by atoms with Gasteiger partial charge in [-0.15, -0.1) is 0 Å². The normalized spacial score (nSPS) is 21.4. The van der Waals surface area contributed by atoms with Crippen LogP contribution >= 0.6 is 0 Å². The second kappa shape index (κ2) is 6.83. The number of benzene rings is 2. The molecule has 2 aromatic rings. The molecule has 0 unspecified atom stereocenters. The molecule has 2 aromatic carbocycles. The minimum absolute atomic E-state index is 0.0367. The van der Waals surface area contributed by atoms with E-state index in [1.807, 2.05) is 18.2 Å². The highest BCUT2D eigenvalue weighted by atomic mass is 32.2. The van der Waals surface area contributed by atoms with E-state index in [9.17, 15) is 8.42 Å². The summed E-state index contributed by atoms with van der Waals surface area (Å²) in [7, 11) is -3.17. The summed E-state index contributed by atoms with van der Waals surface area (Å²) in [4.78, 5) is 0. The number of nitrogens with one attached hydrogen (secondary N) is 2. The molecule has 4 nitrogen and oxygen atoms in total. The predicted molar refractivity (Wildman–Crippen MR) is 93.8 cm³/mol. The predicted octanol–water partition coefficient (Wildman–Crippen LogP) is 2.18. The molecule has 1 aliphatic heterocycles. The van der Waals surface area contributed by atoms with Crippen molar-refractivity contribution in [3.63, 3.8) is 0 Å². The molecule has 3 rings (SSSR count). The lowest BCUT2D eigenvalue weighted by Crippen LogP contribution is -2.44. The molecule has 0 spiro atoms. The van der Waals surface area contributed by atoms with Crippen molar-refractivity contribution in [3.05, 3.63) is 60.2 Å².